The Morgan fingerprint density at radius 1 is 1.38 bits per heavy atom. The lowest BCUT2D eigenvalue weighted by Crippen LogP contribution is -2.12. The lowest BCUT2D eigenvalue weighted by atomic mass is 10.2. The van der Waals surface area contributed by atoms with Crippen molar-refractivity contribution >= 4 is 17.5 Å². The number of imidazole rings is 1. The van der Waals surface area contributed by atoms with Gasteiger partial charge in [0.25, 0.3) is 0 Å². The van der Waals surface area contributed by atoms with E-state index < -0.39 is 11.7 Å². The molecule has 0 unspecified atom stereocenters. The van der Waals surface area contributed by atoms with Gasteiger partial charge < -0.3 is 10.1 Å². The van der Waals surface area contributed by atoms with Gasteiger partial charge in [-0.25, -0.2) is 4.98 Å². The highest BCUT2D eigenvalue weighted by molar-refractivity contribution is 6.32. The van der Waals surface area contributed by atoms with Crippen LogP contribution in [0.3, 0.4) is 0 Å². The number of anilines is 1. The molecule has 0 aliphatic rings. The van der Waals surface area contributed by atoms with Gasteiger partial charge in [-0.2, -0.15) is 13.2 Å². The zero-order valence-corrected chi connectivity index (χ0v) is 11.9. The number of aromatic nitrogens is 2. The van der Waals surface area contributed by atoms with Crippen LogP contribution in [0.5, 0.6) is 0 Å². The molecule has 1 heterocycles. The van der Waals surface area contributed by atoms with Crippen LogP contribution in [0.25, 0.3) is 5.69 Å². The molecule has 0 saturated carbocycles. The first-order valence-electron chi connectivity index (χ1n) is 6.06. The summed E-state index contributed by atoms with van der Waals surface area (Å²) in [5.74, 6) is 0.480. The first-order chi connectivity index (χ1) is 9.93. The smallest absolute Gasteiger partial charge is 0.383 e. The summed E-state index contributed by atoms with van der Waals surface area (Å²) in [6.07, 6.45) is -1.27. The summed E-state index contributed by atoms with van der Waals surface area (Å²) in [5, 5.41) is 3.01. The van der Waals surface area contributed by atoms with Crippen LogP contribution in [0.1, 0.15) is 5.56 Å². The molecule has 4 nitrogen and oxygen atoms in total. The monoisotopic (exact) mass is 319 g/mol. The summed E-state index contributed by atoms with van der Waals surface area (Å²) in [7, 11) is 1.57. The van der Waals surface area contributed by atoms with E-state index in [1.54, 1.807) is 17.9 Å². The summed E-state index contributed by atoms with van der Waals surface area (Å²) in [6.45, 7) is 0.999. The molecule has 0 radical (unpaired) electrons. The molecule has 1 aromatic carbocycles. The lowest BCUT2D eigenvalue weighted by Gasteiger charge is -2.13. The van der Waals surface area contributed by atoms with Crippen molar-refractivity contribution < 1.29 is 17.9 Å². The molecule has 0 saturated heterocycles. The number of nitrogens with zero attached hydrogens (tertiary/aromatic N) is 2. The minimum Gasteiger partial charge on any atom is -0.383 e. The fourth-order valence-corrected chi connectivity index (χ4v) is 2.04. The van der Waals surface area contributed by atoms with E-state index in [1.807, 2.05) is 0 Å². The summed E-state index contributed by atoms with van der Waals surface area (Å²) in [4.78, 5) is 4.09. The van der Waals surface area contributed by atoms with Crippen molar-refractivity contribution in [3.8, 4) is 5.69 Å². The van der Waals surface area contributed by atoms with Gasteiger partial charge in [-0.3, -0.25) is 4.57 Å². The minimum absolute atomic E-state index is 0.00221. The predicted octanol–water partition coefficient (Wildman–Crippen LogP) is 3.60. The van der Waals surface area contributed by atoms with E-state index in [0.29, 0.717) is 24.8 Å². The van der Waals surface area contributed by atoms with Gasteiger partial charge in [-0.05, 0) is 18.2 Å². The average molecular weight is 320 g/mol. The molecule has 8 heteroatoms. The Kier molecular flexibility index (Phi) is 4.74. The first kappa shape index (κ1) is 15.7. The minimum atomic E-state index is -4.42. The Bertz CT molecular complexity index is 613. The molecule has 1 N–H and O–H groups in total. The van der Waals surface area contributed by atoms with Gasteiger partial charge in [-0.15, -0.1) is 0 Å². The van der Waals surface area contributed by atoms with Crippen molar-refractivity contribution in [2.75, 3.05) is 25.6 Å². The van der Waals surface area contributed by atoms with Gasteiger partial charge in [0.2, 0.25) is 5.95 Å². The van der Waals surface area contributed by atoms with Crippen LogP contribution >= 0.6 is 11.6 Å². The molecule has 2 rings (SSSR count). The maximum Gasteiger partial charge on any atom is 0.416 e. The molecule has 114 valence electrons. The fourth-order valence-electron chi connectivity index (χ4n) is 1.77. The summed E-state index contributed by atoms with van der Waals surface area (Å²) < 4.78 is 44.4. The fraction of sp³-hybridized carbons (Fsp3) is 0.308. The quantitative estimate of drug-likeness (QED) is 0.856. The van der Waals surface area contributed by atoms with Gasteiger partial charge in [0.1, 0.15) is 0 Å². The Hall–Kier alpha value is -1.73. The van der Waals surface area contributed by atoms with Crippen molar-refractivity contribution in [3.63, 3.8) is 0 Å². The molecule has 0 amide bonds. The van der Waals surface area contributed by atoms with Crippen LogP contribution in [0.2, 0.25) is 5.02 Å². The van der Waals surface area contributed by atoms with E-state index in [4.69, 9.17) is 16.3 Å². The molecule has 0 aliphatic heterocycles. The molecule has 1 aromatic heterocycles. The number of hydrogen-bond donors (Lipinski definition) is 1. The van der Waals surface area contributed by atoms with Gasteiger partial charge in [0, 0.05) is 26.0 Å². The number of hydrogen-bond acceptors (Lipinski definition) is 3. The van der Waals surface area contributed by atoms with Crippen molar-refractivity contribution in [3.05, 3.63) is 41.2 Å². The standard InChI is InChI=1S/C13H13ClF3N3O/c1-21-7-5-19-12-18-4-6-20(12)11-3-2-9(8-10(11)14)13(15,16)17/h2-4,6,8H,5,7H2,1H3,(H,18,19). The third kappa shape index (κ3) is 3.68. The number of rotatable bonds is 5. The van der Waals surface area contributed by atoms with E-state index in [2.05, 4.69) is 10.3 Å². The van der Waals surface area contributed by atoms with Crippen LogP contribution in [0.15, 0.2) is 30.6 Å². The second kappa shape index (κ2) is 6.36. The Morgan fingerprint density at radius 3 is 2.76 bits per heavy atom. The summed E-state index contributed by atoms with van der Waals surface area (Å²) in [6, 6.07) is 3.20. The molecular formula is C13H13ClF3N3O. The highest BCUT2D eigenvalue weighted by atomic mass is 35.5. The maximum atomic E-state index is 12.6. The molecule has 21 heavy (non-hydrogen) atoms. The van der Waals surface area contributed by atoms with Gasteiger partial charge in [0.05, 0.1) is 22.9 Å². The van der Waals surface area contributed by atoms with Crippen molar-refractivity contribution in [2.24, 2.45) is 0 Å². The number of ether oxygens (including phenoxy) is 1. The van der Waals surface area contributed by atoms with Crippen LogP contribution < -0.4 is 5.32 Å². The third-order valence-electron chi connectivity index (χ3n) is 2.76. The van der Waals surface area contributed by atoms with E-state index in [1.165, 1.54) is 12.3 Å². The summed E-state index contributed by atoms with van der Waals surface area (Å²) >= 11 is 5.96. The van der Waals surface area contributed by atoms with Crippen LogP contribution in [0, 0.1) is 0 Å². The SMILES string of the molecule is COCCNc1nccn1-c1ccc(C(F)(F)F)cc1Cl. The zero-order valence-electron chi connectivity index (χ0n) is 11.1. The van der Waals surface area contributed by atoms with E-state index in [0.717, 1.165) is 12.1 Å². The van der Waals surface area contributed by atoms with Crippen LogP contribution in [-0.2, 0) is 10.9 Å². The topological polar surface area (TPSA) is 39.1 Å². The van der Waals surface area contributed by atoms with Crippen molar-refractivity contribution in [1.82, 2.24) is 9.55 Å². The first-order valence-corrected chi connectivity index (χ1v) is 6.44. The zero-order chi connectivity index (χ0) is 15.5. The molecule has 0 bridgehead atoms. The lowest BCUT2D eigenvalue weighted by molar-refractivity contribution is -0.137. The highest BCUT2D eigenvalue weighted by Gasteiger charge is 2.31. The number of benzene rings is 1. The van der Waals surface area contributed by atoms with Crippen LogP contribution in [0.4, 0.5) is 19.1 Å². The van der Waals surface area contributed by atoms with Gasteiger partial charge in [-0.1, -0.05) is 11.6 Å². The number of alkyl halides is 3. The van der Waals surface area contributed by atoms with E-state index in [-0.39, 0.29) is 5.02 Å². The summed E-state index contributed by atoms with van der Waals surface area (Å²) in [5.41, 5.74) is -0.368. The molecule has 0 atom stereocenters. The van der Waals surface area contributed by atoms with Crippen molar-refractivity contribution in [1.29, 1.82) is 0 Å². The highest BCUT2D eigenvalue weighted by Crippen LogP contribution is 2.33. The molecule has 0 aliphatic carbocycles. The Labute approximate surface area is 124 Å². The second-order valence-corrected chi connectivity index (χ2v) is 4.61. The molecular weight excluding hydrogens is 307 g/mol. The maximum absolute atomic E-state index is 12.6. The third-order valence-corrected chi connectivity index (χ3v) is 3.07. The van der Waals surface area contributed by atoms with Gasteiger partial charge >= 0.3 is 6.18 Å². The largest absolute Gasteiger partial charge is 0.416 e. The van der Waals surface area contributed by atoms with Gasteiger partial charge in [0.15, 0.2) is 0 Å². The normalized spacial score (nSPS) is 11.7. The number of nitrogens with one attached hydrogen (secondary N) is 1. The average Bonchev–Trinajstić information content (AvgIpc) is 2.86. The molecule has 2 aromatic rings. The number of halogens is 4. The van der Waals surface area contributed by atoms with Crippen LogP contribution in [-0.4, -0.2) is 29.8 Å². The predicted molar refractivity (Wildman–Crippen MR) is 73.9 cm³/mol. The Morgan fingerprint density at radius 2 is 2.14 bits per heavy atom. The van der Waals surface area contributed by atoms with Crippen molar-refractivity contribution in [2.45, 2.75) is 6.18 Å². The number of methoxy groups -OCH3 is 1. The Balaban J connectivity index is 2.29. The second-order valence-electron chi connectivity index (χ2n) is 4.20. The molecule has 0 fully saturated rings. The van der Waals surface area contributed by atoms with E-state index in [9.17, 15) is 13.2 Å². The molecule has 0 spiro atoms. The van der Waals surface area contributed by atoms with E-state index >= 15 is 0 Å².